The van der Waals surface area contributed by atoms with Gasteiger partial charge in [-0.2, -0.15) is 0 Å². The summed E-state index contributed by atoms with van der Waals surface area (Å²) in [6.07, 6.45) is 0.717. The standard InChI is InChI=1S/C24H32O4Si/c1-5-26-23(25)21-18-22(21)27-16-17-28-29(24(2,3)4,19-12-8-6-9-13-19)20-14-10-7-11-15-20/h6-15,21-22H,5,16-18H2,1-4H3/t21-,22-/m1/s1. The van der Waals surface area contributed by atoms with E-state index in [9.17, 15) is 4.79 Å². The average molecular weight is 413 g/mol. The van der Waals surface area contributed by atoms with E-state index >= 15 is 0 Å². The zero-order valence-electron chi connectivity index (χ0n) is 17.9. The van der Waals surface area contributed by atoms with Crippen LogP contribution in [-0.4, -0.2) is 40.2 Å². The summed E-state index contributed by atoms with van der Waals surface area (Å²) in [4.78, 5) is 11.8. The van der Waals surface area contributed by atoms with Gasteiger partial charge in [-0.15, -0.1) is 0 Å². The fourth-order valence-electron chi connectivity index (χ4n) is 4.01. The summed E-state index contributed by atoms with van der Waals surface area (Å²) in [6, 6.07) is 21.2. The quantitative estimate of drug-likeness (QED) is 0.359. The van der Waals surface area contributed by atoms with Crippen LogP contribution in [0.5, 0.6) is 0 Å². The molecule has 1 aliphatic rings. The molecule has 0 bridgehead atoms. The lowest BCUT2D eigenvalue weighted by Crippen LogP contribution is -2.66. The molecule has 29 heavy (non-hydrogen) atoms. The Morgan fingerprint density at radius 1 is 0.966 bits per heavy atom. The molecule has 1 aliphatic carbocycles. The lowest BCUT2D eigenvalue weighted by molar-refractivity contribution is -0.145. The Kier molecular flexibility index (Phi) is 6.93. The van der Waals surface area contributed by atoms with Crippen molar-refractivity contribution >= 4 is 24.7 Å². The number of benzene rings is 2. The summed E-state index contributed by atoms with van der Waals surface area (Å²) in [6.45, 7) is 10.0. The summed E-state index contributed by atoms with van der Waals surface area (Å²) >= 11 is 0. The molecule has 0 amide bonds. The van der Waals surface area contributed by atoms with Crippen molar-refractivity contribution in [1.82, 2.24) is 0 Å². The highest BCUT2D eigenvalue weighted by atomic mass is 28.4. The van der Waals surface area contributed by atoms with Crippen molar-refractivity contribution in [2.45, 2.75) is 45.3 Å². The molecule has 1 fully saturated rings. The molecule has 0 saturated heterocycles. The number of ether oxygens (including phenoxy) is 2. The van der Waals surface area contributed by atoms with E-state index in [1.165, 1.54) is 10.4 Å². The maximum atomic E-state index is 11.8. The molecule has 2 atom stereocenters. The Morgan fingerprint density at radius 2 is 1.52 bits per heavy atom. The fraction of sp³-hybridized carbons (Fsp3) is 0.458. The lowest BCUT2D eigenvalue weighted by atomic mass is 10.2. The number of carbonyl (C=O) groups is 1. The van der Waals surface area contributed by atoms with E-state index in [4.69, 9.17) is 13.9 Å². The molecular weight excluding hydrogens is 380 g/mol. The second kappa shape index (κ2) is 9.24. The van der Waals surface area contributed by atoms with Gasteiger partial charge in [-0.1, -0.05) is 81.4 Å². The molecule has 2 aromatic carbocycles. The zero-order chi connectivity index (χ0) is 20.9. The lowest BCUT2D eigenvalue weighted by Gasteiger charge is -2.43. The highest BCUT2D eigenvalue weighted by Crippen LogP contribution is 2.37. The Bertz CT molecular complexity index is 746. The number of hydrogen-bond acceptors (Lipinski definition) is 4. The van der Waals surface area contributed by atoms with Gasteiger partial charge in [0.05, 0.1) is 31.8 Å². The third-order valence-corrected chi connectivity index (χ3v) is 10.5. The number of carbonyl (C=O) groups excluding carboxylic acids is 1. The first-order valence-corrected chi connectivity index (χ1v) is 12.3. The Labute approximate surface area is 175 Å². The summed E-state index contributed by atoms with van der Waals surface area (Å²) in [5.41, 5.74) is 0. The number of esters is 1. The monoisotopic (exact) mass is 412 g/mol. The highest BCUT2D eigenvalue weighted by Gasteiger charge is 2.50. The summed E-state index contributed by atoms with van der Waals surface area (Å²) < 4.78 is 17.8. The van der Waals surface area contributed by atoms with Gasteiger partial charge in [0.15, 0.2) is 0 Å². The van der Waals surface area contributed by atoms with E-state index in [0.29, 0.717) is 19.8 Å². The fourth-order valence-corrected chi connectivity index (χ4v) is 8.55. The summed E-state index contributed by atoms with van der Waals surface area (Å²) in [7, 11) is -2.52. The first kappa shape index (κ1) is 21.7. The van der Waals surface area contributed by atoms with Crippen LogP contribution in [-0.2, 0) is 18.7 Å². The van der Waals surface area contributed by atoms with E-state index in [1.807, 2.05) is 19.1 Å². The predicted octanol–water partition coefficient (Wildman–Crippen LogP) is 3.53. The molecule has 3 rings (SSSR count). The van der Waals surface area contributed by atoms with Crippen molar-refractivity contribution in [1.29, 1.82) is 0 Å². The molecule has 2 aromatic rings. The van der Waals surface area contributed by atoms with Crippen LogP contribution in [0, 0.1) is 5.92 Å². The molecule has 0 radical (unpaired) electrons. The van der Waals surface area contributed by atoms with Crippen LogP contribution in [0.2, 0.25) is 5.04 Å². The topological polar surface area (TPSA) is 44.8 Å². The molecule has 0 unspecified atom stereocenters. The van der Waals surface area contributed by atoms with Crippen molar-refractivity contribution < 1.29 is 18.7 Å². The SMILES string of the molecule is CCOC(=O)[C@@H]1C[C@H]1OCCO[Si](c1ccccc1)(c1ccccc1)C(C)(C)C. The minimum atomic E-state index is -2.52. The van der Waals surface area contributed by atoms with Crippen LogP contribution in [0.1, 0.15) is 34.1 Å². The molecule has 4 nitrogen and oxygen atoms in total. The largest absolute Gasteiger partial charge is 0.466 e. The maximum Gasteiger partial charge on any atom is 0.311 e. The van der Waals surface area contributed by atoms with Gasteiger partial charge in [0.1, 0.15) is 0 Å². The van der Waals surface area contributed by atoms with Gasteiger partial charge in [0.2, 0.25) is 0 Å². The van der Waals surface area contributed by atoms with E-state index in [-0.39, 0.29) is 23.0 Å². The minimum Gasteiger partial charge on any atom is -0.466 e. The van der Waals surface area contributed by atoms with Crippen molar-refractivity contribution in [2.24, 2.45) is 5.92 Å². The van der Waals surface area contributed by atoms with Crippen molar-refractivity contribution in [3.8, 4) is 0 Å². The molecule has 156 valence electrons. The summed E-state index contributed by atoms with van der Waals surface area (Å²) in [5.74, 6) is -0.256. The van der Waals surface area contributed by atoms with Crippen LogP contribution in [0.25, 0.3) is 0 Å². The molecule has 0 spiro atoms. The molecule has 5 heteroatoms. The van der Waals surface area contributed by atoms with Gasteiger partial charge in [-0.05, 0) is 28.8 Å². The number of rotatable bonds is 9. The van der Waals surface area contributed by atoms with Gasteiger partial charge < -0.3 is 13.9 Å². The molecule has 1 saturated carbocycles. The summed E-state index contributed by atoms with van der Waals surface area (Å²) in [5, 5.41) is 2.46. The van der Waals surface area contributed by atoms with Crippen molar-refractivity contribution in [3.05, 3.63) is 60.7 Å². The van der Waals surface area contributed by atoms with E-state index in [2.05, 4.69) is 69.3 Å². The van der Waals surface area contributed by atoms with E-state index in [1.54, 1.807) is 0 Å². The zero-order valence-corrected chi connectivity index (χ0v) is 18.9. The molecule has 0 N–H and O–H groups in total. The van der Waals surface area contributed by atoms with Gasteiger partial charge in [0, 0.05) is 0 Å². The highest BCUT2D eigenvalue weighted by molar-refractivity contribution is 6.99. The molecular formula is C24H32O4Si. The first-order valence-electron chi connectivity index (χ1n) is 10.4. The van der Waals surface area contributed by atoms with E-state index < -0.39 is 8.32 Å². The second-order valence-corrected chi connectivity index (χ2v) is 12.8. The first-order chi connectivity index (χ1) is 13.9. The average Bonchev–Trinajstić information content (AvgIpc) is 3.48. The van der Waals surface area contributed by atoms with Crippen LogP contribution in [0.3, 0.4) is 0 Å². The smallest absolute Gasteiger partial charge is 0.311 e. The normalized spacial score (nSPS) is 19.0. The van der Waals surface area contributed by atoms with Crippen LogP contribution in [0.4, 0.5) is 0 Å². The minimum absolute atomic E-state index is 0.0307. The van der Waals surface area contributed by atoms with Crippen LogP contribution < -0.4 is 10.4 Å². The molecule has 0 aromatic heterocycles. The number of hydrogen-bond donors (Lipinski definition) is 0. The van der Waals surface area contributed by atoms with Crippen LogP contribution >= 0.6 is 0 Å². The van der Waals surface area contributed by atoms with Gasteiger partial charge in [-0.3, -0.25) is 4.79 Å². The van der Waals surface area contributed by atoms with Crippen molar-refractivity contribution in [2.75, 3.05) is 19.8 Å². The maximum absolute atomic E-state index is 11.8. The molecule has 0 heterocycles. The van der Waals surface area contributed by atoms with Gasteiger partial charge in [0.25, 0.3) is 8.32 Å². The Morgan fingerprint density at radius 3 is 2.00 bits per heavy atom. The predicted molar refractivity (Wildman–Crippen MR) is 118 cm³/mol. The van der Waals surface area contributed by atoms with E-state index in [0.717, 1.165) is 6.42 Å². The molecule has 0 aliphatic heterocycles. The van der Waals surface area contributed by atoms with Gasteiger partial charge >= 0.3 is 5.97 Å². The Balaban J connectivity index is 1.74. The van der Waals surface area contributed by atoms with Crippen LogP contribution in [0.15, 0.2) is 60.7 Å². The second-order valence-electron chi connectivity index (χ2n) is 8.52. The van der Waals surface area contributed by atoms with Crippen molar-refractivity contribution in [3.63, 3.8) is 0 Å². The van der Waals surface area contributed by atoms with Gasteiger partial charge in [-0.25, -0.2) is 0 Å². The Hall–Kier alpha value is -1.95. The third-order valence-electron chi connectivity index (χ3n) is 5.47. The third kappa shape index (κ3) is 4.79.